The van der Waals surface area contributed by atoms with E-state index in [9.17, 15) is 18.0 Å². The van der Waals surface area contributed by atoms with Gasteiger partial charge in [0, 0.05) is 18.8 Å². The molecule has 0 spiro atoms. The summed E-state index contributed by atoms with van der Waals surface area (Å²) in [6, 6.07) is 4.60. The fraction of sp³-hybridized carbons (Fsp3) is 0.267. The van der Waals surface area contributed by atoms with Crippen molar-refractivity contribution >= 4 is 17.5 Å². The standard InChI is InChI=1S/C15H15F3N4O2/c1-8-10(15(16,17)18)7-20-14(21-8)22-11-5-4-9(13(23)19-2)6-12(11)24-3/h4-7H,1-3H3,(H,19,23)(H,20,21,22). The maximum absolute atomic E-state index is 12.7. The number of carbonyl (C=O) groups is 1. The van der Waals surface area contributed by atoms with E-state index >= 15 is 0 Å². The van der Waals surface area contributed by atoms with Gasteiger partial charge < -0.3 is 15.4 Å². The van der Waals surface area contributed by atoms with E-state index in [-0.39, 0.29) is 17.5 Å². The molecule has 0 atom stereocenters. The first-order chi connectivity index (χ1) is 11.3. The molecule has 6 nitrogen and oxygen atoms in total. The second-order valence-electron chi connectivity index (χ2n) is 4.81. The van der Waals surface area contributed by atoms with Crippen LogP contribution in [0.1, 0.15) is 21.6 Å². The molecule has 2 aromatic rings. The summed E-state index contributed by atoms with van der Waals surface area (Å²) >= 11 is 0. The van der Waals surface area contributed by atoms with Gasteiger partial charge in [-0.05, 0) is 25.1 Å². The number of methoxy groups -OCH3 is 1. The van der Waals surface area contributed by atoms with Crippen LogP contribution in [-0.4, -0.2) is 30.0 Å². The number of hydrogen-bond acceptors (Lipinski definition) is 5. The lowest BCUT2D eigenvalue weighted by molar-refractivity contribution is -0.138. The molecular formula is C15H15F3N4O2. The van der Waals surface area contributed by atoms with Gasteiger partial charge in [-0.2, -0.15) is 13.2 Å². The van der Waals surface area contributed by atoms with Crippen LogP contribution in [0, 0.1) is 6.92 Å². The Hall–Kier alpha value is -2.84. The molecule has 9 heteroatoms. The van der Waals surface area contributed by atoms with Crippen LogP contribution >= 0.6 is 0 Å². The summed E-state index contributed by atoms with van der Waals surface area (Å²) in [5, 5.41) is 5.26. The first-order valence-electron chi connectivity index (χ1n) is 6.84. The third-order valence-electron chi connectivity index (χ3n) is 3.22. The van der Waals surface area contributed by atoms with E-state index in [1.807, 2.05) is 0 Å². The molecule has 0 aliphatic carbocycles. The minimum Gasteiger partial charge on any atom is -0.495 e. The van der Waals surface area contributed by atoms with Gasteiger partial charge in [-0.25, -0.2) is 9.97 Å². The van der Waals surface area contributed by atoms with Gasteiger partial charge in [0.2, 0.25) is 5.95 Å². The number of ether oxygens (including phenoxy) is 1. The Morgan fingerprint density at radius 3 is 2.54 bits per heavy atom. The highest BCUT2D eigenvalue weighted by molar-refractivity contribution is 5.95. The molecule has 128 valence electrons. The Bertz CT molecular complexity index is 763. The van der Waals surface area contributed by atoms with Crippen molar-refractivity contribution in [2.24, 2.45) is 0 Å². The Morgan fingerprint density at radius 1 is 1.29 bits per heavy atom. The molecule has 0 fully saturated rings. The fourth-order valence-electron chi connectivity index (χ4n) is 2.01. The van der Waals surface area contributed by atoms with Crippen molar-refractivity contribution in [2.75, 3.05) is 19.5 Å². The van der Waals surface area contributed by atoms with E-state index < -0.39 is 11.7 Å². The molecule has 1 heterocycles. The average Bonchev–Trinajstić information content (AvgIpc) is 2.53. The minimum atomic E-state index is -4.50. The Balaban J connectivity index is 2.31. The minimum absolute atomic E-state index is 0.00788. The average molecular weight is 340 g/mol. The maximum Gasteiger partial charge on any atom is 0.419 e. The number of aryl methyl sites for hydroxylation is 1. The van der Waals surface area contributed by atoms with Crippen LogP contribution in [0.3, 0.4) is 0 Å². The zero-order valence-corrected chi connectivity index (χ0v) is 13.2. The molecule has 0 radical (unpaired) electrons. The molecule has 0 aliphatic rings. The molecule has 0 unspecified atom stereocenters. The highest BCUT2D eigenvalue weighted by Crippen LogP contribution is 2.32. The van der Waals surface area contributed by atoms with Crippen molar-refractivity contribution < 1.29 is 22.7 Å². The number of halogens is 3. The summed E-state index contributed by atoms with van der Waals surface area (Å²) < 4.78 is 43.3. The van der Waals surface area contributed by atoms with Crippen molar-refractivity contribution in [1.29, 1.82) is 0 Å². The molecule has 1 aromatic heterocycles. The SMILES string of the molecule is CNC(=O)c1ccc(Nc2ncc(C(F)(F)F)c(C)n2)c(OC)c1. The summed E-state index contributed by atoms with van der Waals surface area (Å²) in [4.78, 5) is 19.1. The normalized spacial score (nSPS) is 11.1. The van der Waals surface area contributed by atoms with Crippen LogP contribution in [0.5, 0.6) is 5.75 Å². The molecular weight excluding hydrogens is 325 g/mol. The van der Waals surface area contributed by atoms with Gasteiger partial charge in [-0.15, -0.1) is 0 Å². The summed E-state index contributed by atoms with van der Waals surface area (Å²) in [6.45, 7) is 1.25. The Labute approximate surface area is 136 Å². The van der Waals surface area contributed by atoms with Crippen molar-refractivity contribution in [2.45, 2.75) is 13.1 Å². The van der Waals surface area contributed by atoms with Gasteiger partial charge in [0.25, 0.3) is 5.91 Å². The zero-order valence-electron chi connectivity index (χ0n) is 13.2. The fourth-order valence-corrected chi connectivity index (χ4v) is 2.01. The number of aromatic nitrogens is 2. The van der Waals surface area contributed by atoms with E-state index in [1.54, 1.807) is 12.1 Å². The largest absolute Gasteiger partial charge is 0.495 e. The highest BCUT2D eigenvalue weighted by Gasteiger charge is 2.33. The lowest BCUT2D eigenvalue weighted by atomic mass is 10.1. The van der Waals surface area contributed by atoms with Crippen molar-refractivity contribution in [3.63, 3.8) is 0 Å². The van der Waals surface area contributed by atoms with Gasteiger partial charge in [0.15, 0.2) is 0 Å². The number of benzene rings is 1. The van der Waals surface area contributed by atoms with Crippen molar-refractivity contribution in [1.82, 2.24) is 15.3 Å². The number of amides is 1. The molecule has 1 aromatic carbocycles. The van der Waals surface area contributed by atoms with Gasteiger partial charge in [-0.1, -0.05) is 0 Å². The highest BCUT2D eigenvalue weighted by atomic mass is 19.4. The Kier molecular flexibility index (Phi) is 4.91. The molecule has 0 bridgehead atoms. The Morgan fingerprint density at radius 2 is 2.00 bits per heavy atom. The third kappa shape index (κ3) is 3.73. The number of nitrogens with one attached hydrogen (secondary N) is 2. The van der Waals surface area contributed by atoms with Crippen LogP contribution in [0.15, 0.2) is 24.4 Å². The molecule has 24 heavy (non-hydrogen) atoms. The number of rotatable bonds is 4. The summed E-state index contributed by atoms with van der Waals surface area (Å²) in [5.74, 6) is 0.0326. The zero-order chi connectivity index (χ0) is 17.9. The van der Waals surface area contributed by atoms with Gasteiger partial charge in [0.1, 0.15) is 5.75 Å². The summed E-state index contributed by atoms with van der Waals surface area (Å²) in [7, 11) is 2.91. The van der Waals surface area contributed by atoms with E-state index in [1.165, 1.54) is 27.1 Å². The first kappa shape index (κ1) is 17.5. The summed E-state index contributed by atoms with van der Waals surface area (Å²) in [5.41, 5.74) is -0.287. The second kappa shape index (κ2) is 6.73. The smallest absolute Gasteiger partial charge is 0.419 e. The maximum atomic E-state index is 12.7. The van der Waals surface area contributed by atoms with Crippen LogP contribution in [0.25, 0.3) is 0 Å². The quantitative estimate of drug-likeness (QED) is 0.895. The van der Waals surface area contributed by atoms with Crippen LogP contribution in [0.4, 0.5) is 24.8 Å². The van der Waals surface area contributed by atoms with Crippen molar-refractivity contribution in [3.05, 3.63) is 41.2 Å². The number of anilines is 2. The number of carbonyl (C=O) groups excluding carboxylic acids is 1. The van der Waals surface area contributed by atoms with E-state index in [4.69, 9.17) is 4.74 Å². The van der Waals surface area contributed by atoms with Gasteiger partial charge in [-0.3, -0.25) is 4.79 Å². The topological polar surface area (TPSA) is 76.1 Å². The number of alkyl halides is 3. The number of nitrogens with zero attached hydrogens (tertiary/aromatic N) is 2. The predicted molar refractivity (Wildman–Crippen MR) is 81.4 cm³/mol. The third-order valence-corrected chi connectivity index (χ3v) is 3.22. The molecule has 0 saturated heterocycles. The van der Waals surface area contributed by atoms with Crippen LogP contribution in [-0.2, 0) is 6.18 Å². The molecule has 2 N–H and O–H groups in total. The monoisotopic (exact) mass is 340 g/mol. The van der Waals surface area contributed by atoms with E-state index in [0.29, 0.717) is 17.0 Å². The lowest BCUT2D eigenvalue weighted by Gasteiger charge is -2.13. The van der Waals surface area contributed by atoms with Crippen molar-refractivity contribution in [3.8, 4) is 5.75 Å². The van der Waals surface area contributed by atoms with Crippen LogP contribution in [0.2, 0.25) is 0 Å². The molecule has 1 amide bonds. The molecule has 2 rings (SSSR count). The second-order valence-corrected chi connectivity index (χ2v) is 4.81. The number of hydrogen-bond donors (Lipinski definition) is 2. The van der Waals surface area contributed by atoms with Gasteiger partial charge in [0.05, 0.1) is 24.1 Å². The lowest BCUT2D eigenvalue weighted by Crippen LogP contribution is -2.17. The van der Waals surface area contributed by atoms with Crippen LogP contribution < -0.4 is 15.4 Å². The first-order valence-corrected chi connectivity index (χ1v) is 6.84. The molecule has 0 saturated carbocycles. The van der Waals surface area contributed by atoms with E-state index in [2.05, 4.69) is 20.6 Å². The molecule has 0 aliphatic heterocycles. The van der Waals surface area contributed by atoms with E-state index in [0.717, 1.165) is 6.20 Å². The van der Waals surface area contributed by atoms with Gasteiger partial charge >= 0.3 is 6.18 Å². The summed E-state index contributed by atoms with van der Waals surface area (Å²) in [6.07, 6.45) is -3.79. The predicted octanol–water partition coefficient (Wildman–Crippen LogP) is 2.92.